The van der Waals surface area contributed by atoms with Crippen molar-refractivity contribution in [1.82, 2.24) is 29.7 Å². The number of fused-ring (bicyclic) bond motifs is 1. The van der Waals surface area contributed by atoms with Gasteiger partial charge in [-0.25, -0.2) is 14.4 Å². The number of carbonyl (C=O) groups excluding carboxylic acids is 1. The smallest absolute Gasteiger partial charge is 0.257 e. The average molecular weight is 658 g/mol. The van der Waals surface area contributed by atoms with Gasteiger partial charge in [0.25, 0.3) is 5.91 Å². The van der Waals surface area contributed by atoms with Crippen LogP contribution in [-0.4, -0.2) is 101 Å². The molecule has 1 amide bonds. The fraction of sp³-hybridized carbons (Fsp3) is 0.568. The number of hydrogen-bond donors (Lipinski definition) is 0. The summed E-state index contributed by atoms with van der Waals surface area (Å²) < 4.78 is 27.2. The molecule has 11 heteroatoms. The number of amides is 1. The number of hydrogen-bond acceptors (Lipinski definition) is 9. The molecule has 48 heavy (non-hydrogen) atoms. The van der Waals surface area contributed by atoms with Gasteiger partial charge in [-0.1, -0.05) is 0 Å². The molecule has 3 aromatic rings. The van der Waals surface area contributed by atoms with E-state index in [2.05, 4.69) is 31.7 Å². The second kappa shape index (κ2) is 13.6. The van der Waals surface area contributed by atoms with E-state index in [0.29, 0.717) is 18.1 Å². The summed E-state index contributed by atoms with van der Waals surface area (Å²) in [7, 11) is 2.20. The van der Waals surface area contributed by atoms with Crippen LogP contribution in [0.3, 0.4) is 0 Å². The van der Waals surface area contributed by atoms with Gasteiger partial charge in [-0.3, -0.25) is 14.7 Å². The minimum atomic E-state index is -0.487. The number of ether oxygens (including phenoxy) is 2. The first kappa shape index (κ1) is 32.7. The van der Waals surface area contributed by atoms with Crippen molar-refractivity contribution in [2.75, 3.05) is 57.8 Å². The number of likely N-dealkylation sites (tertiary alicyclic amines) is 1. The monoisotopic (exact) mass is 657 g/mol. The summed E-state index contributed by atoms with van der Waals surface area (Å²) in [4.78, 5) is 35.7. The average Bonchev–Trinajstić information content (AvgIpc) is 3.02. The summed E-state index contributed by atoms with van der Waals surface area (Å²) >= 11 is 0. The van der Waals surface area contributed by atoms with Crippen molar-refractivity contribution in [3.8, 4) is 17.2 Å². The van der Waals surface area contributed by atoms with E-state index < -0.39 is 5.82 Å². The molecule has 0 N–H and O–H groups in total. The van der Waals surface area contributed by atoms with Crippen LogP contribution in [0.15, 0.2) is 43.0 Å². The summed E-state index contributed by atoms with van der Waals surface area (Å²) in [5.41, 5.74) is 2.81. The number of carbonyl (C=O) groups is 1. The molecular weight excluding hydrogens is 609 g/mol. The maximum atomic E-state index is 14.3. The molecule has 256 valence electrons. The molecule has 5 heterocycles. The van der Waals surface area contributed by atoms with Crippen LogP contribution in [0.2, 0.25) is 0 Å². The highest BCUT2D eigenvalue weighted by molar-refractivity contribution is 5.97. The molecule has 10 nitrogen and oxygen atoms in total. The van der Waals surface area contributed by atoms with Crippen LogP contribution >= 0.6 is 0 Å². The minimum Gasteiger partial charge on any atom is -0.490 e. The van der Waals surface area contributed by atoms with Gasteiger partial charge in [-0.15, -0.1) is 0 Å². The van der Waals surface area contributed by atoms with E-state index in [9.17, 15) is 9.18 Å². The molecule has 0 unspecified atom stereocenters. The molecule has 1 aliphatic carbocycles. The van der Waals surface area contributed by atoms with Crippen LogP contribution in [0.4, 0.5) is 10.2 Å². The maximum absolute atomic E-state index is 14.3. The van der Waals surface area contributed by atoms with Crippen LogP contribution in [0.5, 0.6) is 17.2 Å². The lowest BCUT2D eigenvalue weighted by Crippen LogP contribution is -2.65. The first-order valence-corrected chi connectivity index (χ1v) is 17.6. The molecular formula is C37H48FN7O3. The van der Waals surface area contributed by atoms with Crippen molar-refractivity contribution in [1.29, 1.82) is 0 Å². The summed E-state index contributed by atoms with van der Waals surface area (Å²) in [6.07, 6.45) is 10.7. The zero-order chi connectivity index (χ0) is 33.4. The van der Waals surface area contributed by atoms with E-state index in [-0.39, 0.29) is 34.8 Å². The topological polar surface area (TPSA) is 87.2 Å². The van der Waals surface area contributed by atoms with E-state index in [1.165, 1.54) is 61.7 Å². The second-order valence-electron chi connectivity index (χ2n) is 14.6. The Kier molecular flexibility index (Phi) is 9.26. The fourth-order valence-corrected chi connectivity index (χ4v) is 8.12. The fourth-order valence-electron chi connectivity index (χ4n) is 8.12. The summed E-state index contributed by atoms with van der Waals surface area (Å²) in [5, 5.41) is 0. The van der Waals surface area contributed by atoms with Crippen LogP contribution in [0.1, 0.15) is 68.1 Å². The van der Waals surface area contributed by atoms with Crippen LogP contribution < -0.4 is 14.4 Å². The van der Waals surface area contributed by atoms with Gasteiger partial charge in [0.1, 0.15) is 29.7 Å². The Bertz CT molecular complexity index is 1620. The largest absolute Gasteiger partial charge is 0.490 e. The van der Waals surface area contributed by atoms with Gasteiger partial charge >= 0.3 is 0 Å². The lowest BCUT2D eigenvalue weighted by molar-refractivity contribution is -0.0352. The molecule has 0 radical (unpaired) electrons. The van der Waals surface area contributed by atoms with Gasteiger partial charge < -0.3 is 24.2 Å². The highest BCUT2D eigenvalue weighted by atomic mass is 19.1. The van der Waals surface area contributed by atoms with E-state index in [1.807, 2.05) is 33.0 Å². The molecule has 2 saturated heterocycles. The highest BCUT2D eigenvalue weighted by Crippen LogP contribution is 2.52. The zero-order valence-electron chi connectivity index (χ0n) is 28.7. The summed E-state index contributed by atoms with van der Waals surface area (Å²) in [6, 6.07) is 6.07. The number of pyridine rings is 1. The van der Waals surface area contributed by atoms with Crippen LogP contribution in [0.25, 0.3) is 0 Å². The summed E-state index contributed by atoms with van der Waals surface area (Å²) in [6.45, 7) is 13.6. The van der Waals surface area contributed by atoms with Crippen LogP contribution in [0, 0.1) is 17.2 Å². The van der Waals surface area contributed by atoms with E-state index in [4.69, 9.17) is 14.5 Å². The van der Waals surface area contributed by atoms with Gasteiger partial charge in [0.05, 0.1) is 11.8 Å². The van der Waals surface area contributed by atoms with Gasteiger partial charge in [0, 0.05) is 81.1 Å². The van der Waals surface area contributed by atoms with Crippen molar-refractivity contribution >= 4 is 11.7 Å². The Labute approximate surface area is 283 Å². The molecule has 0 atom stereocenters. The number of halogens is 1. The van der Waals surface area contributed by atoms with Gasteiger partial charge in [-0.05, 0) is 90.2 Å². The zero-order valence-corrected chi connectivity index (χ0v) is 28.7. The number of nitrogens with zero attached hydrogens (tertiary/aromatic N) is 7. The van der Waals surface area contributed by atoms with Crippen LogP contribution in [-0.2, 0) is 13.0 Å². The molecule has 7 rings (SSSR count). The molecule has 1 aromatic carbocycles. The third-order valence-electron chi connectivity index (χ3n) is 10.6. The van der Waals surface area contributed by atoms with Crippen molar-refractivity contribution in [2.24, 2.45) is 11.3 Å². The molecule has 2 aromatic heterocycles. The Morgan fingerprint density at radius 1 is 1.12 bits per heavy atom. The standard InChI is InChI=1S/C37H48FN7O3/c1-5-45(25(2)3)36(46)29-15-27(38)8-9-32(29)48-34-18-39-24-41-35(34)44-22-37(23-44)16-28(17-37)47-33-10-12-40-31-11-14-43(21-30(31)33)13-6-7-26-19-42(4)20-26/h8-10,12,15,18,24-26,28H,5-7,11,13-14,16-17,19-23H2,1-4H3. The lowest BCUT2D eigenvalue weighted by atomic mass is 9.61. The van der Waals surface area contributed by atoms with Crippen molar-refractivity contribution in [3.63, 3.8) is 0 Å². The Hall–Kier alpha value is -3.83. The quantitative estimate of drug-likeness (QED) is 0.254. The van der Waals surface area contributed by atoms with Gasteiger partial charge in [0.2, 0.25) is 0 Å². The van der Waals surface area contributed by atoms with Crippen molar-refractivity contribution < 1.29 is 18.7 Å². The molecule has 1 spiro atoms. The number of benzene rings is 1. The molecule has 0 bridgehead atoms. The van der Waals surface area contributed by atoms with Gasteiger partial charge in [-0.2, -0.15) is 0 Å². The van der Waals surface area contributed by atoms with E-state index in [0.717, 1.165) is 63.7 Å². The third kappa shape index (κ3) is 6.72. The Balaban J connectivity index is 0.953. The number of rotatable bonds is 12. The van der Waals surface area contributed by atoms with Crippen molar-refractivity contribution in [3.05, 3.63) is 65.6 Å². The third-order valence-corrected chi connectivity index (χ3v) is 10.6. The maximum Gasteiger partial charge on any atom is 0.257 e. The van der Waals surface area contributed by atoms with Gasteiger partial charge in [0.15, 0.2) is 11.6 Å². The Morgan fingerprint density at radius 3 is 2.69 bits per heavy atom. The molecule has 3 fully saturated rings. The SMILES string of the molecule is CCN(C(=O)c1cc(F)ccc1Oc1cncnc1N1CC2(CC(Oc3ccnc4c3CN(CCCC3CN(C)C3)CC4)C2)C1)C(C)C. The number of aromatic nitrogens is 3. The van der Waals surface area contributed by atoms with E-state index in [1.54, 1.807) is 11.1 Å². The van der Waals surface area contributed by atoms with Crippen molar-refractivity contribution in [2.45, 2.75) is 71.6 Å². The predicted octanol–water partition coefficient (Wildman–Crippen LogP) is 5.42. The molecule has 1 saturated carbocycles. The lowest BCUT2D eigenvalue weighted by Gasteiger charge is -2.59. The highest BCUT2D eigenvalue weighted by Gasteiger charge is 2.54. The number of anilines is 1. The second-order valence-corrected chi connectivity index (χ2v) is 14.6. The molecule has 3 aliphatic heterocycles. The first-order chi connectivity index (χ1) is 23.2. The Morgan fingerprint density at radius 2 is 1.94 bits per heavy atom. The van der Waals surface area contributed by atoms with E-state index >= 15 is 0 Å². The summed E-state index contributed by atoms with van der Waals surface area (Å²) in [5.74, 6) is 2.51. The first-order valence-electron chi connectivity index (χ1n) is 17.6. The predicted molar refractivity (Wildman–Crippen MR) is 182 cm³/mol. The minimum absolute atomic E-state index is 0.0327. The normalized spacial score (nSPS) is 19.4. The molecule has 4 aliphatic rings.